The van der Waals surface area contributed by atoms with Crippen LogP contribution >= 0.6 is 23.2 Å². The molecule has 0 aromatic heterocycles. The van der Waals surface area contributed by atoms with Gasteiger partial charge in [0.15, 0.2) is 0 Å². The maximum Gasteiger partial charge on any atom is 0.263 e. The van der Waals surface area contributed by atoms with Crippen LogP contribution in [0, 0.1) is 0 Å². The second-order valence-electron chi connectivity index (χ2n) is 5.93. The van der Waals surface area contributed by atoms with Crippen molar-refractivity contribution in [2.24, 2.45) is 0 Å². The summed E-state index contributed by atoms with van der Waals surface area (Å²) in [6.07, 6.45) is 0.821. The van der Waals surface area contributed by atoms with Gasteiger partial charge in [0.05, 0.1) is 5.02 Å². The van der Waals surface area contributed by atoms with Crippen molar-refractivity contribution in [1.82, 2.24) is 4.90 Å². The van der Waals surface area contributed by atoms with Gasteiger partial charge in [-0.3, -0.25) is 9.52 Å². The summed E-state index contributed by atoms with van der Waals surface area (Å²) in [7, 11) is -2.22. The molecule has 0 bridgehead atoms. The van der Waals surface area contributed by atoms with Crippen LogP contribution in [0.4, 0.5) is 5.69 Å². The van der Waals surface area contributed by atoms with E-state index in [-0.39, 0.29) is 32.6 Å². The molecule has 1 unspecified atom stereocenters. The minimum absolute atomic E-state index is 0.0608. The molecule has 1 N–H and O–H groups in total. The van der Waals surface area contributed by atoms with Crippen LogP contribution in [0.5, 0.6) is 0 Å². The zero-order chi connectivity index (χ0) is 19.5. The molecule has 0 aliphatic heterocycles. The van der Waals surface area contributed by atoms with Crippen molar-refractivity contribution in [1.29, 1.82) is 0 Å². The summed E-state index contributed by atoms with van der Waals surface area (Å²) in [5, 5.41) is 0.319. The smallest absolute Gasteiger partial charge is 0.263 e. The molecule has 0 aliphatic carbocycles. The fraction of sp³-hybridized carbons (Fsp3) is 0.278. The van der Waals surface area contributed by atoms with Gasteiger partial charge in [0.2, 0.25) is 0 Å². The van der Waals surface area contributed by atoms with Crippen LogP contribution in [0.1, 0.15) is 30.6 Å². The summed E-state index contributed by atoms with van der Waals surface area (Å²) in [6, 6.07) is 10.6. The van der Waals surface area contributed by atoms with Crippen molar-refractivity contribution >= 4 is 44.8 Å². The molecule has 140 valence electrons. The highest BCUT2D eigenvalue weighted by atomic mass is 35.5. The van der Waals surface area contributed by atoms with Crippen LogP contribution in [0.25, 0.3) is 0 Å². The van der Waals surface area contributed by atoms with Crippen molar-refractivity contribution in [2.45, 2.75) is 31.2 Å². The summed E-state index contributed by atoms with van der Waals surface area (Å²) >= 11 is 11.9. The van der Waals surface area contributed by atoms with Crippen molar-refractivity contribution in [3.05, 3.63) is 58.1 Å². The van der Waals surface area contributed by atoms with Gasteiger partial charge in [-0.1, -0.05) is 36.2 Å². The topological polar surface area (TPSA) is 66.5 Å². The minimum atomic E-state index is -3.94. The van der Waals surface area contributed by atoms with Gasteiger partial charge >= 0.3 is 0 Å². The number of hydrogen-bond acceptors (Lipinski definition) is 3. The van der Waals surface area contributed by atoms with E-state index in [9.17, 15) is 13.2 Å². The largest absolute Gasteiger partial charge is 0.339 e. The molecule has 0 saturated carbocycles. The molecular formula is C18H20Cl2N2O3S. The summed E-state index contributed by atoms with van der Waals surface area (Å²) in [5.74, 6) is -0.179. The highest BCUT2D eigenvalue weighted by Crippen LogP contribution is 2.27. The average molecular weight is 415 g/mol. The number of rotatable bonds is 6. The maximum atomic E-state index is 12.6. The van der Waals surface area contributed by atoms with Gasteiger partial charge in [0.25, 0.3) is 15.9 Å². The molecule has 2 aromatic carbocycles. The predicted molar refractivity (Wildman–Crippen MR) is 106 cm³/mol. The van der Waals surface area contributed by atoms with E-state index in [2.05, 4.69) is 4.72 Å². The lowest BCUT2D eigenvalue weighted by atomic mass is 10.1. The number of amides is 1. The Labute approximate surface area is 164 Å². The Balaban J connectivity index is 2.31. The number of sulfonamides is 1. The SMILES string of the molecule is CCC(C)N(C)C(=O)c1cccc(NS(=O)(=O)c2cc(Cl)ccc2Cl)c1. The molecule has 1 atom stereocenters. The third kappa shape index (κ3) is 4.69. The van der Waals surface area contributed by atoms with Gasteiger partial charge in [0, 0.05) is 29.4 Å². The van der Waals surface area contributed by atoms with Gasteiger partial charge in [-0.2, -0.15) is 0 Å². The molecule has 0 spiro atoms. The first-order valence-corrected chi connectivity index (χ1v) is 10.2. The Hall–Kier alpha value is -1.76. The monoisotopic (exact) mass is 414 g/mol. The van der Waals surface area contributed by atoms with E-state index in [1.807, 2.05) is 13.8 Å². The average Bonchev–Trinajstić information content (AvgIpc) is 2.61. The lowest BCUT2D eigenvalue weighted by molar-refractivity contribution is 0.0740. The van der Waals surface area contributed by atoms with Crippen LogP contribution in [0.3, 0.4) is 0 Å². The highest BCUT2D eigenvalue weighted by molar-refractivity contribution is 7.92. The standard InChI is InChI=1S/C18H20Cl2N2O3S/c1-4-12(2)22(3)18(23)13-6-5-7-15(10-13)21-26(24,25)17-11-14(19)8-9-16(17)20/h5-12,21H,4H2,1-3H3. The molecule has 0 saturated heterocycles. The van der Waals surface area contributed by atoms with Crippen LogP contribution in [-0.2, 0) is 10.0 Å². The maximum absolute atomic E-state index is 12.6. The zero-order valence-corrected chi connectivity index (χ0v) is 17.0. The van der Waals surface area contributed by atoms with Gasteiger partial charge in [-0.25, -0.2) is 8.42 Å². The molecule has 0 radical (unpaired) electrons. The first-order chi connectivity index (χ1) is 12.2. The molecule has 2 aromatic rings. The van der Waals surface area contributed by atoms with Crippen LogP contribution in [-0.4, -0.2) is 32.3 Å². The molecule has 8 heteroatoms. The Morgan fingerprint density at radius 3 is 2.54 bits per heavy atom. The van der Waals surface area contributed by atoms with Crippen LogP contribution in [0.15, 0.2) is 47.4 Å². The number of nitrogens with one attached hydrogen (secondary N) is 1. The van der Waals surface area contributed by atoms with Crippen LogP contribution < -0.4 is 4.72 Å². The molecule has 1 amide bonds. The fourth-order valence-corrected chi connectivity index (χ4v) is 4.10. The molecule has 2 rings (SSSR count). The number of halogens is 2. The van der Waals surface area contributed by atoms with Gasteiger partial charge in [-0.05, 0) is 49.7 Å². The Morgan fingerprint density at radius 1 is 1.19 bits per heavy atom. The quantitative estimate of drug-likeness (QED) is 0.746. The predicted octanol–water partition coefficient (Wildman–Crippen LogP) is 4.66. The molecule has 0 fully saturated rings. The molecule has 0 heterocycles. The number of carbonyl (C=O) groups is 1. The van der Waals surface area contributed by atoms with E-state index in [4.69, 9.17) is 23.2 Å². The summed E-state index contributed by atoms with van der Waals surface area (Å²) in [6.45, 7) is 3.94. The van der Waals surface area contributed by atoms with Crippen molar-refractivity contribution in [3.63, 3.8) is 0 Å². The van der Waals surface area contributed by atoms with Crippen LogP contribution in [0.2, 0.25) is 10.0 Å². The number of anilines is 1. The molecular weight excluding hydrogens is 395 g/mol. The third-order valence-corrected chi connectivity index (χ3v) is 6.21. The van der Waals surface area contributed by atoms with Gasteiger partial charge in [-0.15, -0.1) is 0 Å². The second kappa shape index (κ2) is 8.29. The zero-order valence-electron chi connectivity index (χ0n) is 14.7. The Bertz CT molecular complexity index is 916. The molecule has 5 nitrogen and oxygen atoms in total. The van der Waals surface area contributed by atoms with E-state index in [1.54, 1.807) is 30.1 Å². The lowest BCUT2D eigenvalue weighted by Gasteiger charge is -2.24. The Kier molecular flexibility index (Phi) is 6.55. The lowest BCUT2D eigenvalue weighted by Crippen LogP contribution is -2.34. The second-order valence-corrected chi connectivity index (χ2v) is 8.43. The van der Waals surface area contributed by atoms with Crippen molar-refractivity contribution in [3.8, 4) is 0 Å². The summed E-state index contributed by atoms with van der Waals surface area (Å²) in [5.41, 5.74) is 0.662. The third-order valence-electron chi connectivity index (χ3n) is 4.12. The van der Waals surface area contributed by atoms with Gasteiger partial charge in [0.1, 0.15) is 4.90 Å². The fourth-order valence-electron chi connectivity index (χ4n) is 2.29. The van der Waals surface area contributed by atoms with E-state index in [1.165, 1.54) is 24.3 Å². The molecule has 26 heavy (non-hydrogen) atoms. The molecule has 0 aliphatic rings. The van der Waals surface area contributed by atoms with E-state index in [0.29, 0.717) is 5.56 Å². The summed E-state index contributed by atoms with van der Waals surface area (Å²) in [4.78, 5) is 14.0. The number of carbonyl (C=O) groups excluding carboxylic acids is 1. The number of hydrogen-bond donors (Lipinski definition) is 1. The normalized spacial score (nSPS) is 12.5. The first-order valence-electron chi connectivity index (χ1n) is 8.00. The van der Waals surface area contributed by atoms with E-state index >= 15 is 0 Å². The first kappa shape index (κ1) is 20.6. The summed E-state index contributed by atoms with van der Waals surface area (Å²) < 4.78 is 27.6. The highest BCUT2D eigenvalue weighted by Gasteiger charge is 2.20. The Morgan fingerprint density at radius 2 is 1.88 bits per heavy atom. The minimum Gasteiger partial charge on any atom is -0.339 e. The van der Waals surface area contributed by atoms with E-state index in [0.717, 1.165) is 6.42 Å². The number of nitrogens with zero attached hydrogens (tertiary/aromatic N) is 1. The van der Waals surface area contributed by atoms with E-state index < -0.39 is 10.0 Å². The van der Waals surface area contributed by atoms with Crippen molar-refractivity contribution in [2.75, 3.05) is 11.8 Å². The van der Waals surface area contributed by atoms with Crippen molar-refractivity contribution < 1.29 is 13.2 Å². The van der Waals surface area contributed by atoms with Gasteiger partial charge < -0.3 is 4.90 Å². The number of benzene rings is 2.